The summed E-state index contributed by atoms with van der Waals surface area (Å²) in [5, 5.41) is 0. The van der Waals surface area contributed by atoms with Crippen molar-refractivity contribution < 1.29 is 0 Å². The maximum Gasteiger partial charge on any atom is 0.0213 e. The van der Waals surface area contributed by atoms with Crippen LogP contribution in [0, 0.1) is 5.92 Å². The zero-order valence-corrected chi connectivity index (χ0v) is 8.12. The van der Waals surface area contributed by atoms with E-state index in [1.807, 2.05) is 6.20 Å². The summed E-state index contributed by atoms with van der Waals surface area (Å²) in [4.78, 5) is 3.29. The van der Waals surface area contributed by atoms with Gasteiger partial charge in [-0.25, -0.2) is 0 Å². The van der Waals surface area contributed by atoms with Crippen molar-refractivity contribution in [3.8, 4) is 0 Å². The van der Waals surface area contributed by atoms with Crippen LogP contribution in [-0.2, 0) is 5.41 Å². The van der Waals surface area contributed by atoms with Crippen LogP contribution in [0.15, 0.2) is 42.6 Å². The summed E-state index contributed by atoms with van der Waals surface area (Å²) < 4.78 is 0. The average molecular weight is 173 g/mol. The molecule has 0 spiro atoms. The molecule has 68 valence electrons. The van der Waals surface area contributed by atoms with Gasteiger partial charge in [0.15, 0.2) is 0 Å². The van der Waals surface area contributed by atoms with Gasteiger partial charge in [0.2, 0.25) is 0 Å². The molecule has 0 aliphatic heterocycles. The maximum atomic E-state index is 3.29. The van der Waals surface area contributed by atoms with E-state index in [0.29, 0.717) is 5.92 Å². The Balaban J connectivity index is 2.30. The number of nitrogens with one attached hydrogen (secondary N) is 1. The zero-order valence-electron chi connectivity index (χ0n) is 8.12. The van der Waals surface area contributed by atoms with Crippen molar-refractivity contribution in [2.45, 2.75) is 19.3 Å². The molecule has 0 fully saturated rings. The quantitative estimate of drug-likeness (QED) is 0.707. The summed E-state index contributed by atoms with van der Waals surface area (Å²) in [5.74, 6) is 0.520. The van der Waals surface area contributed by atoms with Crippen molar-refractivity contribution in [3.05, 3.63) is 48.3 Å². The van der Waals surface area contributed by atoms with Gasteiger partial charge in [-0.15, -0.1) is 0 Å². The third kappa shape index (κ3) is 1.35. The van der Waals surface area contributed by atoms with E-state index in [2.05, 4.69) is 55.3 Å². The molecule has 0 aromatic carbocycles. The molecule has 0 amide bonds. The van der Waals surface area contributed by atoms with Gasteiger partial charge in [0.25, 0.3) is 0 Å². The first-order chi connectivity index (χ1) is 6.21. The molecule has 0 saturated heterocycles. The van der Waals surface area contributed by atoms with Gasteiger partial charge in [0, 0.05) is 23.2 Å². The standard InChI is InChI=1S/C12H15N/c1-12(2,10-6-3-4-7-10)11-8-5-9-13-11/h3-10,13H,1-2H3. The Kier molecular flexibility index (Phi) is 1.87. The highest BCUT2D eigenvalue weighted by molar-refractivity contribution is 5.28. The second-order valence-corrected chi connectivity index (χ2v) is 4.10. The van der Waals surface area contributed by atoms with Gasteiger partial charge in [-0.05, 0) is 12.1 Å². The molecular formula is C12H15N. The Morgan fingerprint density at radius 3 is 2.46 bits per heavy atom. The monoisotopic (exact) mass is 173 g/mol. The maximum absolute atomic E-state index is 3.29. The normalized spacial score (nSPS) is 17.1. The first kappa shape index (κ1) is 8.36. The van der Waals surface area contributed by atoms with Gasteiger partial charge in [-0.1, -0.05) is 38.2 Å². The number of allylic oxidation sites excluding steroid dienone is 4. The summed E-state index contributed by atoms with van der Waals surface area (Å²) in [6.07, 6.45) is 10.7. The minimum Gasteiger partial charge on any atom is -0.365 e. The molecule has 2 rings (SSSR count). The minimum atomic E-state index is 0.174. The van der Waals surface area contributed by atoms with Crippen molar-refractivity contribution >= 4 is 0 Å². The second kappa shape index (κ2) is 2.91. The number of hydrogen-bond acceptors (Lipinski definition) is 0. The fraction of sp³-hybridized carbons (Fsp3) is 0.333. The number of aromatic amines is 1. The molecule has 1 aliphatic carbocycles. The Labute approximate surface area is 79.2 Å². The number of aromatic nitrogens is 1. The van der Waals surface area contributed by atoms with Crippen LogP contribution in [-0.4, -0.2) is 4.98 Å². The van der Waals surface area contributed by atoms with Gasteiger partial charge in [-0.2, -0.15) is 0 Å². The van der Waals surface area contributed by atoms with Gasteiger partial charge < -0.3 is 4.98 Å². The summed E-state index contributed by atoms with van der Waals surface area (Å²) in [5.41, 5.74) is 1.47. The van der Waals surface area contributed by atoms with E-state index in [4.69, 9.17) is 0 Å². The van der Waals surface area contributed by atoms with E-state index < -0.39 is 0 Å². The van der Waals surface area contributed by atoms with Crippen LogP contribution in [0.25, 0.3) is 0 Å². The lowest BCUT2D eigenvalue weighted by Gasteiger charge is -2.28. The van der Waals surface area contributed by atoms with Crippen molar-refractivity contribution in [3.63, 3.8) is 0 Å². The van der Waals surface area contributed by atoms with Crippen molar-refractivity contribution in [1.82, 2.24) is 4.98 Å². The van der Waals surface area contributed by atoms with Gasteiger partial charge in [0.1, 0.15) is 0 Å². The van der Waals surface area contributed by atoms with E-state index in [1.54, 1.807) is 0 Å². The van der Waals surface area contributed by atoms with E-state index in [-0.39, 0.29) is 5.41 Å². The lowest BCUT2D eigenvalue weighted by molar-refractivity contribution is 0.437. The van der Waals surface area contributed by atoms with Crippen LogP contribution < -0.4 is 0 Å². The lowest BCUT2D eigenvalue weighted by Crippen LogP contribution is -2.25. The van der Waals surface area contributed by atoms with Gasteiger partial charge >= 0.3 is 0 Å². The Bertz CT molecular complexity index is 316. The lowest BCUT2D eigenvalue weighted by atomic mass is 9.77. The Morgan fingerprint density at radius 1 is 1.23 bits per heavy atom. The van der Waals surface area contributed by atoms with Gasteiger partial charge in [-0.3, -0.25) is 0 Å². The van der Waals surface area contributed by atoms with Crippen LogP contribution in [0.2, 0.25) is 0 Å². The largest absolute Gasteiger partial charge is 0.365 e. The van der Waals surface area contributed by atoms with Crippen molar-refractivity contribution in [2.24, 2.45) is 5.92 Å². The molecule has 0 unspecified atom stereocenters. The van der Waals surface area contributed by atoms with Crippen LogP contribution in [0.5, 0.6) is 0 Å². The molecule has 1 heterocycles. The van der Waals surface area contributed by atoms with E-state index in [9.17, 15) is 0 Å². The summed E-state index contributed by atoms with van der Waals surface area (Å²) in [7, 11) is 0. The molecule has 0 atom stereocenters. The Morgan fingerprint density at radius 2 is 1.92 bits per heavy atom. The van der Waals surface area contributed by atoms with Crippen LogP contribution in [0.3, 0.4) is 0 Å². The fourth-order valence-electron chi connectivity index (χ4n) is 1.82. The molecule has 1 nitrogen and oxygen atoms in total. The molecular weight excluding hydrogens is 158 g/mol. The van der Waals surface area contributed by atoms with Crippen molar-refractivity contribution in [2.75, 3.05) is 0 Å². The van der Waals surface area contributed by atoms with E-state index in [1.165, 1.54) is 5.69 Å². The smallest absolute Gasteiger partial charge is 0.0213 e. The average Bonchev–Trinajstić information content (AvgIpc) is 2.78. The molecule has 0 radical (unpaired) electrons. The molecule has 1 heteroatoms. The third-order valence-electron chi connectivity index (χ3n) is 2.87. The highest BCUT2D eigenvalue weighted by Gasteiger charge is 2.29. The molecule has 0 bridgehead atoms. The third-order valence-corrected chi connectivity index (χ3v) is 2.87. The van der Waals surface area contributed by atoms with E-state index >= 15 is 0 Å². The predicted molar refractivity (Wildman–Crippen MR) is 55.6 cm³/mol. The molecule has 13 heavy (non-hydrogen) atoms. The summed E-state index contributed by atoms with van der Waals surface area (Å²) in [6, 6.07) is 4.21. The van der Waals surface area contributed by atoms with E-state index in [0.717, 1.165) is 0 Å². The van der Waals surface area contributed by atoms with Crippen LogP contribution >= 0.6 is 0 Å². The summed E-state index contributed by atoms with van der Waals surface area (Å²) >= 11 is 0. The number of H-pyrrole nitrogens is 1. The highest BCUT2D eigenvalue weighted by Crippen LogP contribution is 2.34. The molecule has 1 aromatic rings. The van der Waals surface area contributed by atoms with Crippen LogP contribution in [0.4, 0.5) is 0 Å². The van der Waals surface area contributed by atoms with Crippen LogP contribution in [0.1, 0.15) is 19.5 Å². The zero-order chi connectivity index (χ0) is 9.31. The summed E-state index contributed by atoms with van der Waals surface area (Å²) in [6.45, 7) is 4.53. The molecule has 1 N–H and O–H groups in total. The van der Waals surface area contributed by atoms with Gasteiger partial charge in [0.05, 0.1) is 0 Å². The highest BCUT2D eigenvalue weighted by atomic mass is 14.7. The first-order valence-corrected chi connectivity index (χ1v) is 4.70. The molecule has 1 aliphatic rings. The second-order valence-electron chi connectivity index (χ2n) is 4.10. The SMILES string of the molecule is CC(C)(c1ccc[nH]1)C1C=CC=C1. The molecule has 0 saturated carbocycles. The first-order valence-electron chi connectivity index (χ1n) is 4.70. The number of hydrogen-bond donors (Lipinski definition) is 1. The van der Waals surface area contributed by atoms with Crippen molar-refractivity contribution in [1.29, 1.82) is 0 Å². The molecule has 1 aromatic heterocycles. The Hall–Kier alpha value is -1.24. The fourth-order valence-corrected chi connectivity index (χ4v) is 1.82. The minimum absolute atomic E-state index is 0.174. The predicted octanol–water partition coefficient (Wildman–Crippen LogP) is 3.03. The number of rotatable bonds is 2. The topological polar surface area (TPSA) is 15.8 Å².